The van der Waals surface area contributed by atoms with E-state index in [-0.39, 0.29) is 5.69 Å². The molecule has 1 aromatic heterocycles. The Labute approximate surface area is 92.4 Å². The van der Waals surface area contributed by atoms with Gasteiger partial charge in [-0.3, -0.25) is 4.98 Å². The molecule has 1 fully saturated rings. The molecule has 1 saturated carbocycles. The molecule has 3 N–H and O–H groups in total. The van der Waals surface area contributed by atoms with E-state index in [2.05, 4.69) is 15.3 Å². The number of aromatic nitrogens is 2. The molecule has 1 atom stereocenters. The van der Waals surface area contributed by atoms with Crippen molar-refractivity contribution in [3.8, 4) is 0 Å². The number of hydrogen-bond acceptors (Lipinski definition) is 5. The lowest BCUT2D eigenvalue weighted by Gasteiger charge is -2.10. The number of rotatable bonds is 5. The van der Waals surface area contributed by atoms with Gasteiger partial charge < -0.3 is 15.5 Å². The first kappa shape index (κ1) is 10.8. The Morgan fingerprint density at radius 1 is 1.56 bits per heavy atom. The third-order valence-electron chi connectivity index (χ3n) is 2.51. The highest BCUT2D eigenvalue weighted by atomic mass is 16.4. The van der Waals surface area contributed by atoms with E-state index in [0.29, 0.717) is 18.3 Å². The summed E-state index contributed by atoms with van der Waals surface area (Å²) in [4.78, 5) is 18.2. The van der Waals surface area contributed by atoms with Gasteiger partial charge in [0.2, 0.25) is 0 Å². The first-order valence-corrected chi connectivity index (χ1v) is 5.14. The minimum Gasteiger partial charge on any atom is -0.476 e. The van der Waals surface area contributed by atoms with Crippen molar-refractivity contribution in [3.05, 3.63) is 18.1 Å². The van der Waals surface area contributed by atoms with Crippen molar-refractivity contribution in [2.24, 2.45) is 5.92 Å². The molecular weight excluding hydrogens is 210 g/mol. The van der Waals surface area contributed by atoms with Crippen molar-refractivity contribution >= 4 is 11.8 Å². The Morgan fingerprint density at radius 2 is 2.31 bits per heavy atom. The standard InChI is InChI=1S/C10H13N3O3/c14-8(6-1-2-6)4-12-9-5-11-3-7(13-9)10(15)16/h3,5-6,8,14H,1-2,4H2,(H,12,13)(H,15,16). The summed E-state index contributed by atoms with van der Waals surface area (Å²) in [5.74, 6) is -0.360. The van der Waals surface area contributed by atoms with Crippen molar-refractivity contribution < 1.29 is 15.0 Å². The molecule has 0 aliphatic heterocycles. The molecule has 0 bridgehead atoms. The lowest BCUT2D eigenvalue weighted by molar-refractivity contribution is 0.0690. The number of anilines is 1. The molecule has 0 amide bonds. The highest BCUT2D eigenvalue weighted by molar-refractivity contribution is 5.85. The highest BCUT2D eigenvalue weighted by Gasteiger charge is 2.29. The van der Waals surface area contributed by atoms with E-state index in [4.69, 9.17) is 5.11 Å². The first-order valence-electron chi connectivity index (χ1n) is 5.14. The van der Waals surface area contributed by atoms with E-state index < -0.39 is 12.1 Å². The lowest BCUT2D eigenvalue weighted by atomic mass is 10.2. The van der Waals surface area contributed by atoms with Gasteiger partial charge in [-0.15, -0.1) is 0 Å². The average molecular weight is 223 g/mol. The average Bonchev–Trinajstić information content (AvgIpc) is 3.10. The summed E-state index contributed by atoms with van der Waals surface area (Å²) < 4.78 is 0. The van der Waals surface area contributed by atoms with Crippen LogP contribution in [0.25, 0.3) is 0 Å². The van der Waals surface area contributed by atoms with Crippen LogP contribution >= 0.6 is 0 Å². The quantitative estimate of drug-likeness (QED) is 0.667. The van der Waals surface area contributed by atoms with Crippen LogP contribution in [0.15, 0.2) is 12.4 Å². The zero-order valence-electron chi connectivity index (χ0n) is 8.63. The van der Waals surface area contributed by atoms with Crippen LogP contribution in [0.4, 0.5) is 5.82 Å². The van der Waals surface area contributed by atoms with Crippen LogP contribution in [0.2, 0.25) is 0 Å². The molecule has 1 heterocycles. The van der Waals surface area contributed by atoms with Crippen LogP contribution < -0.4 is 5.32 Å². The van der Waals surface area contributed by atoms with Gasteiger partial charge in [-0.25, -0.2) is 9.78 Å². The monoisotopic (exact) mass is 223 g/mol. The van der Waals surface area contributed by atoms with Crippen LogP contribution in [0.3, 0.4) is 0 Å². The lowest BCUT2D eigenvalue weighted by Crippen LogP contribution is -2.22. The fraction of sp³-hybridized carbons (Fsp3) is 0.500. The summed E-state index contributed by atoms with van der Waals surface area (Å²) in [6.07, 6.45) is 4.35. The van der Waals surface area contributed by atoms with Crippen LogP contribution in [0.5, 0.6) is 0 Å². The fourth-order valence-corrected chi connectivity index (χ4v) is 1.41. The van der Waals surface area contributed by atoms with Gasteiger partial charge >= 0.3 is 5.97 Å². The molecule has 86 valence electrons. The molecule has 6 nitrogen and oxygen atoms in total. The number of carboxylic acids is 1. The Bertz CT molecular complexity index is 393. The summed E-state index contributed by atoms with van der Waals surface area (Å²) in [5, 5.41) is 21.2. The van der Waals surface area contributed by atoms with Crippen molar-refractivity contribution in [3.63, 3.8) is 0 Å². The maximum atomic E-state index is 10.6. The van der Waals surface area contributed by atoms with Gasteiger partial charge in [0.05, 0.1) is 18.5 Å². The van der Waals surface area contributed by atoms with Gasteiger partial charge in [-0.1, -0.05) is 0 Å². The van der Waals surface area contributed by atoms with E-state index in [1.807, 2.05) is 0 Å². The van der Waals surface area contributed by atoms with Crippen molar-refractivity contribution in [2.45, 2.75) is 18.9 Å². The number of nitrogens with zero attached hydrogens (tertiary/aromatic N) is 2. The summed E-state index contributed by atoms with van der Waals surface area (Å²) >= 11 is 0. The summed E-state index contributed by atoms with van der Waals surface area (Å²) in [6, 6.07) is 0. The number of aliphatic hydroxyl groups is 1. The number of hydrogen-bond donors (Lipinski definition) is 3. The van der Waals surface area contributed by atoms with Crippen molar-refractivity contribution in [1.29, 1.82) is 0 Å². The van der Waals surface area contributed by atoms with E-state index in [1.54, 1.807) is 0 Å². The Hall–Kier alpha value is -1.69. The second-order valence-corrected chi connectivity index (χ2v) is 3.88. The Morgan fingerprint density at radius 3 is 2.94 bits per heavy atom. The fourth-order valence-electron chi connectivity index (χ4n) is 1.41. The van der Waals surface area contributed by atoms with Gasteiger partial charge in [0.1, 0.15) is 5.82 Å². The first-order chi connectivity index (χ1) is 7.66. The van der Waals surface area contributed by atoms with Gasteiger partial charge in [0.15, 0.2) is 5.69 Å². The molecule has 0 aromatic carbocycles. The smallest absolute Gasteiger partial charge is 0.356 e. The van der Waals surface area contributed by atoms with Gasteiger partial charge in [-0.2, -0.15) is 0 Å². The third kappa shape index (κ3) is 2.66. The number of carbonyl (C=O) groups is 1. The van der Waals surface area contributed by atoms with Gasteiger partial charge in [0, 0.05) is 6.54 Å². The van der Waals surface area contributed by atoms with Crippen molar-refractivity contribution in [2.75, 3.05) is 11.9 Å². The maximum absolute atomic E-state index is 10.6. The molecule has 0 radical (unpaired) electrons. The highest BCUT2D eigenvalue weighted by Crippen LogP contribution is 2.32. The Kier molecular flexibility index (Phi) is 3.00. The molecule has 6 heteroatoms. The predicted octanol–water partition coefficient (Wildman–Crippen LogP) is 0.358. The topological polar surface area (TPSA) is 95.3 Å². The van der Waals surface area contributed by atoms with Crippen LogP contribution in [-0.4, -0.2) is 38.8 Å². The number of aromatic carboxylic acids is 1. The predicted molar refractivity (Wildman–Crippen MR) is 56.2 cm³/mol. The number of carboxylic acid groups (broad SMARTS) is 1. The van der Waals surface area contributed by atoms with E-state index in [0.717, 1.165) is 12.8 Å². The molecule has 1 aliphatic carbocycles. The third-order valence-corrected chi connectivity index (χ3v) is 2.51. The van der Waals surface area contributed by atoms with Crippen LogP contribution in [-0.2, 0) is 0 Å². The summed E-state index contributed by atoms with van der Waals surface area (Å²) in [6.45, 7) is 0.377. The molecule has 0 saturated heterocycles. The second-order valence-electron chi connectivity index (χ2n) is 3.88. The number of aliphatic hydroxyl groups excluding tert-OH is 1. The van der Waals surface area contributed by atoms with Crippen LogP contribution in [0, 0.1) is 5.92 Å². The zero-order valence-corrected chi connectivity index (χ0v) is 8.63. The van der Waals surface area contributed by atoms with E-state index in [9.17, 15) is 9.90 Å². The SMILES string of the molecule is O=C(O)c1cncc(NCC(O)C2CC2)n1. The van der Waals surface area contributed by atoms with E-state index >= 15 is 0 Å². The molecule has 2 rings (SSSR count). The molecule has 1 unspecified atom stereocenters. The summed E-state index contributed by atoms with van der Waals surface area (Å²) in [7, 11) is 0. The minimum atomic E-state index is -1.11. The van der Waals surface area contributed by atoms with Crippen LogP contribution in [0.1, 0.15) is 23.3 Å². The molecule has 1 aliphatic rings. The largest absolute Gasteiger partial charge is 0.476 e. The minimum absolute atomic E-state index is 0.106. The maximum Gasteiger partial charge on any atom is 0.356 e. The molecular formula is C10H13N3O3. The Balaban J connectivity index is 1.92. The second kappa shape index (κ2) is 4.44. The van der Waals surface area contributed by atoms with Gasteiger partial charge in [-0.05, 0) is 18.8 Å². The number of nitrogens with one attached hydrogen (secondary N) is 1. The zero-order chi connectivity index (χ0) is 11.5. The molecule has 0 spiro atoms. The van der Waals surface area contributed by atoms with Gasteiger partial charge in [0.25, 0.3) is 0 Å². The van der Waals surface area contributed by atoms with E-state index in [1.165, 1.54) is 12.4 Å². The molecule has 1 aromatic rings. The molecule has 16 heavy (non-hydrogen) atoms. The normalized spacial score (nSPS) is 16.8. The summed E-state index contributed by atoms with van der Waals surface area (Å²) in [5.41, 5.74) is -0.106. The van der Waals surface area contributed by atoms with Crippen molar-refractivity contribution in [1.82, 2.24) is 9.97 Å².